The van der Waals surface area contributed by atoms with Gasteiger partial charge in [0.1, 0.15) is 12.0 Å². The monoisotopic (exact) mass is 414 g/mol. The Bertz CT molecular complexity index is 993. The first kappa shape index (κ1) is 20.6. The van der Waals surface area contributed by atoms with Gasteiger partial charge in [-0.3, -0.25) is 15.0 Å². The molecule has 7 nitrogen and oxygen atoms in total. The molecule has 1 aromatic carbocycles. The summed E-state index contributed by atoms with van der Waals surface area (Å²) in [6.07, 6.45) is 8.14. The number of nitrogens with one attached hydrogen (secondary N) is 1. The van der Waals surface area contributed by atoms with Crippen molar-refractivity contribution in [2.24, 2.45) is 11.7 Å². The lowest BCUT2D eigenvalue weighted by Crippen LogP contribution is -2.49. The number of furan rings is 1. The summed E-state index contributed by atoms with van der Waals surface area (Å²) < 4.78 is 10.7. The largest absolute Gasteiger partial charge is 0.483 e. The van der Waals surface area contributed by atoms with Crippen molar-refractivity contribution in [3.63, 3.8) is 0 Å². The lowest BCUT2D eigenvalue weighted by Gasteiger charge is -2.28. The summed E-state index contributed by atoms with van der Waals surface area (Å²) in [5.74, 6) is -0.648. The van der Waals surface area contributed by atoms with Gasteiger partial charge in [0.25, 0.3) is 5.91 Å². The third-order valence-electron chi connectivity index (χ3n) is 4.48. The van der Waals surface area contributed by atoms with E-state index in [2.05, 4.69) is 5.32 Å². The molecule has 2 unspecified atom stereocenters. The molecule has 0 fully saturated rings. The summed E-state index contributed by atoms with van der Waals surface area (Å²) >= 11 is 6.01. The maximum Gasteiger partial charge on any atom is 0.262 e. The molecule has 0 bridgehead atoms. The Morgan fingerprint density at radius 1 is 1.41 bits per heavy atom. The van der Waals surface area contributed by atoms with Crippen molar-refractivity contribution in [1.82, 2.24) is 5.32 Å². The first-order chi connectivity index (χ1) is 13.8. The Morgan fingerprint density at radius 3 is 2.90 bits per heavy atom. The van der Waals surface area contributed by atoms with Gasteiger partial charge in [0.15, 0.2) is 12.4 Å². The molecule has 2 aromatic rings. The molecule has 1 aliphatic rings. The van der Waals surface area contributed by atoms with Crippen molar-refractivity contribution < 1.29 is 24.2 Å². The highest BCUT2D eigenvalue weighted by Gasteiger charge is 2.29. The smallest absolute Gasteiger partial charge is 0.262 e. The van der Waals surface area contributed by atoms with E-state index in [4.69, 9.17) is 31.9 Å². The molecule has 29 heavy (non-hydrogen) atoms. The molecule has 5 N–H and O–H groups in total. The number of nitrogens with two attached hydrogens (primary N) is 2. The molecule has 1 heterocycles. The molecule has 2 atom stereocenters. The van der Waals surface area contributed by atoms with Crippen molar-refractivity contribution in [3.05, 3.63) is 76.9 Å². The van der Waals surface area contributed by atoms with Crippen LogP contribution in [0.15, 0.2) is 64.9 Å². The number of ether oxygens (including phenoxy) is 1. The van der Waals surface area contributed by atoms with E-state index < -0.39 is 17.2 Å². The number of benzene rings is 1. The number of carbonyl (C=O) groups is 2. The molecule has 1 amide bonds. The molecule has 150 valence electrons. The van der Waals surface area contributed by atoms with E-state index in [9.17, 15) is 9.59 Å². The van der Waals surface area contributed by atoms with E-state index in [0.717, 1.165) is 0 Å². The van der Waals surface area contributed by atoms with Crippen molar-refractivity contribution >= 4 is 29.5 Å². The topological polar surface area (TPSA) is 120 Å². The molecular weight excluding hydrogens is 394 g/mol. The van der Waals surface area contributed by atoms with E-state index in [0.29, 0.717) is 10.7 Å². The second-order valence-corrected chi connectivity index (χ2v) is 7.26. The van der Waals surface area contributed by atoms with Crippen LogP contribution >= 0.6 is 11.6 Å². The summed E-state index contributed by atoms with van der Waals surface area (Å²) in [6, 6.07) is 7.72. The van der Waals surface area contributed by atoms with Crippen LogP contribution in [0.25, 0.3) is 0 Å². The van der Waals surface area contributed by atoms with Crippen LogP contribution in [0.4, 0.5) is 0 Å². The van der Waals surface area contributed by atoms with Gasteiger partial charge in [0.2, 0.25) is 5.78 Å². The van der Waals surface area contributed by atoms with Gasteiger partial charge >= 0.3 is 0 Å². The number of hydrogen-bond acceptors (Lipinski definition) is 5. The molecule has 0 spiro atoms. The van der Waals surface area contributed by atoms with E-state index in [1.807, 2.05) is 6.92 Å². The maximum absolute atomic E-state index is 12.6. The molecule has 1 aromatic heterocycles. The zero-order valence-electron chi connectivity index (χ0n) is 15.7. The zero-order valence-corrected chi connectivity index (χ0v) is 16.5. The first-order valence-corrected chi connectivity index (χ1v) is 9.23. The molecule has 0 saturated carbocycles. The second kappa shape index (κ2) is 8.46. The number of hydrogen-bond donors (Lipinski definition) is 3. The van der Waals surface area contributed by atoms with Gasteiger partial charge in [-0.15, -0.1) is 0 Å². The highest BCUT2D eigenvalue weighted by atomic mass is 35.5. The SMILES string of the molecule is CC1(N)C=CC(NC(=O)COc2ccc(Cl)cc2C(=O)c2ccco2)=CC1C=[NH2+]. The first-order valence-electron chi connectivity index (χ1n) is 8.85. The van der Waals surface area contributed by atoms with Gasteiger partial charge in [0.05, 0.1) is 17.7 Å². The summed E-state index contributed by atoms with van der Waals surface area (Å²) in [5.41, 5.74) is 6.27. The van der Waals surface area contributed by atoms with Gasteiger partial charge in [-0.05, 0) is 49.4 Å². The van der Waals surface area contributed by atoms with Crippen LogP contribution in [0.5, 0.6) is 5.75 Å². The standard InChI is InChI=1S/C21H20ClN3O4/c1-21(24)7-6-15(9-13(21)11-23)25-19(26)12-29-17-5-4-14(22)10-16(17)20(27)18-3-2-8-28-18/h2-11,13,23H,12,24H2,1H3,(H,25,26)/p+1. The average Bonchev–Trinajstić information content (AvgIpc) is 3.22. The Balaban J connectivity index is 1.68. The Labute approximate surface area is 172 Å². The van der Waals surface area contributed by atoms with Gasteiger partial charge in [0, 0.05) is 16.3 Å². The second-order valence-electron chi connectivity index (χ2n) is 6.82. The number of carbonyl (C=O) groups excluding carboxylic acids is 2. The summed E-state index contributed by atoms with van der Waals surface area (Å²) in [7, 11) is 0. The van der Waals surface area contributed by atoms with Crippen LogP contribution < -0.4 is 21.2 Å². The van der Waals surface area contributed by atoms with Crippen LogP contribution in [-0.2, 0) is 4.79 Å². The Morgan fingerprint density at radius 2 is 2.21 bits per heavy atom. The van der Waals surface area contributed by atoms with Crippen molar-refractivity contribution in [2.75, 3.05) is 6.61 Å². The number of rotatable bonds is 7. The molecule has 3 rings (SSSR count). The normalized spacial score (nSPS) is 20.7. The van der Waals surface area contributed by atoms with Crippen molar-refractivity contribution in [3.8, 4) is 5.75 Å². The fourth-order valence-corrected chi connectivity index (χ4v) is 3.01. The molecule has 8 heteroatoms. The molecular formula is C21H21ClN3O4+. The van der Waals surface area contributed by atoms with Gasteiger partial charge < -0.3 is 20.2 Å². The quantitative estimate of drug-likeness (QED) is 0.465. The number of amides is 1. The van der Waals surface area contributed by atoms with Crippen LogP contribution in [0.2, 0.25) is 5.02 Å². The highest BCUT2D eigenvalue weighted by molar-refractivity contribution is 6.31. The number of halogens is 1. The maximum atomic E-state index is 12.6. The number of allylic oxidation sites excluding steroid dienone is 1. The number of ketones is 1. The fraction of sp³-hybridized carbons (Fsp3) is 0.190. The predicted octanol–water partition coefficient (Wildman–Crippen LogP) is 1.28. The minimum atomic E-state index is -0.621. The van der Waals surface area contributed by atoms with E-state index in [1.54, 1.807) is 30.4 Å². The average molecular weight is 415 g/mol. The summed E-state index contributed by atoms with van der Waals surface area (Å²) in [5, 5.41) is 8.73. The van der Waals surface area contributed by atoms with E-state index in [1.165, 1.54) is 30.7 Å². The van der Waals surface area contributed by atoms with Gasteiger partial charge in [-0.1, -0.05) is 17.7 Å². The molecule has 0 saturated heterocycles. The summed E-state index contributed by atoms with van der Waals surface area (Å²) in [4.78, 5) is 24.9. The minimum absolute atomic E-state index is 0.146. The highest BCUT2D eigenvalue weighted by Crippen LogP contribution is 2.26. The van der Waals surface area contributed by atoms with Crippen LogP contribution in [0.1, 0.15) is 23.0 Å². The predicted molar refractivity (Wildman–Crippen MR) is 109 cm³/mol. The van der Waals surface area contributed by atoms with Crippen LogP contribution in [-0.4, -0.2) is 30.1 Å². The molecule has 1 aliphatic carbocycles. The van der Waals surface area contributed by atoms with Crippen molar-refractivity contribution in [1.29, 1.82) is 0 Å². The Kier molecular flexibility index (Phi) is 6.00. The lowest BCUT2D eigenvalue weighted by atomic mass is 9.83. The van der Waals surface area contributed by atoms with Gasteiger partial charge in [-0.25, -0.2) is 0 Å². The van der Waals surface area contributed by atoms with Crippen LogP contribution in [0, 0.1) is 5.92 Å². The Hall–Kier alpha value is -3.16. The fourth-order valence-electron chi connectivity index (χ4n) is 2.84. The third kappa shape index (κ3) is 4.82. The molecule has 0 aliphatic heterocycles. The molecule has 0 radical (unpaired) electrons. The van der Waals surface area contributed by atoms with Crippen molar-refractivity contribution in [2.45, 2.75) is 12.5 Å². The van der Waals surface area contributed by atoms with E-state index >= 15 is 0 Å². The third-order valence-corrected chi connectivity index (χ3v) is 4.72. The lowest BCUT2D eigenvalue weighted by molar-refractivity contribution is -0.122. The van der Waals surface area contributed by atoms with Crippen LogP contribution in [0.3, 0.4) is 0 Å². The zero-order chi connectivity index (χ0) is 21.0. The summed E-state index contributed by atoms with van der Waals surface area (Å²) in [6.45, 7) is 1.54. The minimum Gasteiger partial charge on any atom is -0.483 e. The van der Waals surface area contributed by atoms with E-state index in [-0.39, 0.29) is 29.6 Å². The van der Waals surface area contributed by atoms with Gasteiger partial charge in [-0.2, -0.15) is 0 Å².